The molecule has 0 aliphatic heterocycles. The predicted octanol–water partition coefficient (Wildman–Crippen LogP) is 3.22. The van der Waals surface area contributed by atoms with Gasteiger partial charge in [0.1, 0.15) is 11.4 Å². The number of aliphatic hydroxyl groups is 1. The third kappa shape index (κ3) is 4.97. The Balaban J connectivity index is 1.67. The van der Waals surface area contributed by atoms with E-state index in [-0.39, 0.29) is 12.3 Å². The predicted molar refractivity (Wildman–Crippen MR) is 110 cm³/mol. The molecular formula is C19H21NO4S3. The minimum atomic E-state index is -3.54. The van der Waals surface area contributed by atoms with E-state index in [9.17, 15) is 13.5 Å². The van der Waals surface area contributed by atoms with Crippen LogP contribution in [0.4, 0.5) is 0 Å². The highest BCUT2D eigenvalue weighted by atomic mass is 32.2. The van der Waals surface area contributed by atoms with E-state index in [0.717, 1.165) is 11.3 Å². The van der Waals surface area contributed by atoms with Crippen molar-refractivity contribution >= 4 is 32.7 Å². The molecule has 0 saturated carbocycles. The molecule has 0 radical (unpaired) electrons. The number of hydrogen-bond donors (Lipinski definition) is 2. The van der Waals surface area contributed by atoms with Crippen molar-refractivity contribution in [3.05, 3.63) is 74.6 Å². The first-order valence-corrected chi connectivity index (χ1v) is 11.8. The molecule has 0 saturated heterocycles. The second-order valence-electron chi connectivity index (χ2n) is 6.09. The SMILES string of the molecule is COc1ccc(CCS(=O)(=O)NCC(O)(c2ccsc2)c2cccs2)cc1. The molecule has 1 atom stereocenters. The lowest BCUT2D eigenvalue weighted by atomic mass is 9.95. The van der Waals surface area contributed by atoms with Crippen LogP contribution in [0.2, 0.25) is 0 Å². The molecule has 8 heteroatoms. The Morgan fingerprint density at radius 3 is 2.52 bits per heavy atom. The van der Waals surface area contributed by atoms with Crippen molar-refractivity contribution in [2.75, 3.05) is 19.4 Å². The number of benzene rings is 1. The summed E-state index contributed by atoms with van der Waals surface area (Å²) in [5.74, 6) is 0.681. The first kappa shape index (κ1) is 20.0. The highest BCUT2D eigenvalue weighted by molar-refractivity contribution is 7.89. The quantitative estimate of drug-likeness (QED) is 0.554. The van der Waals surface area contributed by atoms with Crippen molar-refractivity contribution < 1.29 is 18.3 Å². The Kier molecular flexibility index (Phi) is 6.33. The molecule has 0 aliphatic rings. The second-order valence-corrected chi connectivity index (χ2v) is 9.74. The number of sulfonamides is 1. The van der Waals surface area contributed by atoms with Gasteiger partial charge in [0, 0.05) is 17.0 Å². The lowest BCUT2D eigenvalue weighted by Gasteiger charge is -2.26. The zero-order valence-electron chi connectivity index (χ0n) is 14.8. The van der Waals surface area contributed by atoms with Crippen LogP contribution in [0.25, 0.3) is 0 Å². The van der Waals surface area contributed by atoms with Crippen LogP contribution < -0.4 is 9.46 Å². The summed E-state index contributed by atoms with van der Waals surface area (Å²) in [5, 5.41) is 16.8. The van der Waals surface area contributed by atoms with Gasteiger partial charge in [0.2, 0.25) is 10.0 Å². The van der Waals surface area contributed by atoms with E-state index in [2.05, 4.69) is 4.72 Å². The standard InChI is InChI=1S/C19H21NO4S3/c1-24-17-6-4-15(5-7-17)9-12-27(22,23)20-14-19(21,16-8-11-25-13-16)18-3-2-10-26-18/h2-8,10-11,13,20-21H,9,12,14H2,1H3. The Hall–Kier alpha value is -1.71. The van der Waals surface area contributed by atoms with Crippen LogP contribution >= 0.6 is 22.7 Å². The summed E-state index contributed by atoms with van der Waals surface area (Å²) in [6.07, 6.45) is 0.384. The highest BCUT2D eigenvalue weighted by Crippen LogP contribution is 2.33. The number of nitrogens with one attached hydrogen (secondary N) is 1. The number of rotatable bonds is 9. The van der Waals surface area contributed by atoms with Gasteiger partial charge in [0.15, 0.2) is 0 Å². The molecule has 1 aromatic carbocycles. The van der Waals surface area contributed by atoms with Gasteiger partial charge in [-0.05, 0) is 52.4 Å². The molecule has 0 spiro atoms. The fourth-order valence-corrected chi connectivity index (χ4v) is 5.32. The summed E-state index contributed by atoms with van der Waals surface area (Å²) < 4.78 is 32.6. The average Bonchev–Trinajstić information content (AvgIpc) is 3.39. The third-order valence-electron chi connectivity index (χ3n) is 4.29. The smallest absolute Gasteiger partial charge is 0.212 e. The summed E-state index contributed by atoms with van der Waals surface area (Å²) in [7, 11) is -1.96. The molecule has 0 aliphatic carbocycles. The van der Waals surface area contributed by atoms with Gasteiger partial charge in [-0.3, -0.25) is 0 Å². The van der Waals surface area contributed by atoms with Crippen LogP contribution in [0.5, 0.6) is 5.75 Å². The molecule has 144 valence electrons. The molecule has 3 rings (SSSR count). The van der Waals surface area contributed by atoms with E-state index < -0.39 is 15.6 Å². The number of ether oxygens (including phenoxy) is 1. The maximum absolute atomic E-state index is 12.5. The van der Waals surface area contributed by atoms with Crippen molar-refractivity contribution in [3.63, 3.8) is 0 Å². The highest BCUT2D eigenvalue weighted by Gasteiger charge is 2.34. The zero-order valence-corrected chi connectivity index (χ0v) is 17.2. The van der Waals surface area contributed by atoms with Crippen LogP contribution in [-0.2, 0) is 22.0 Å². The fourth-order valence-electron chi connectivity index (χ4n) is 2.68. The first-order valence-electron chi connectivity index (χ1n) is 8.32. The van der Waals surface area contributed by atoms with Gasteiger partial charge < -0.3 is 9.84 Å². The fraction of sp³-hybridized carbons (Fsp3) is 0.263. The van der Waals surface area contributed by atoms with E-state index in [1.165, 1.54) is 22.7 Å². The molecule has 1 unspecified atom stereocenters. The molecule has 2 heterocycles. The van der Waals surface area contributed by atoms with E-state index in [1.807, 2.05) is 58.6 Å². The number of aryl methyl sites for hydroxylation is 1. The molecular weight excluding hydrogens is 402 g/mol. The Morgan fingerprint density at radius 2 is 1.93 bits per heavy atom. The van der Waals surface area contributed by atoms with Crippen LogP contribution in [0.15, 0.2) is 58.6 Å². The molecule has 0 amide bonds. The largest absolute Gasteiger partial charge is 0.497 e. The van der Waals surface area contributed by atoms with Gasteiger partial charge in [-0.2, -0.15) is 11.3 Å². The lowest BCUT2D eigenvalue weighted by molar-refractivity contribution is 0.0903. The maximum atomic E-state index is 12.5. The maximum Gasteiger partial charge on any atom is 0.212 e. The molecule has 0 fully saturated rings. The Morgan fingerprint density at radius 1 is 1.15 bits per heavy atom. The molecule has 3 aromatic rings. The summed E-state index contributed by atoms with van der Waals surface area (Å²) in [4.78, 5) is 0.707. The normalized spacial score (nSPS) is 14.0. The molecule has 5 nitrogen and oxygen atoms in total. The van der Waals surface area contributed by atoms with Gasteiger partial charge in [-0.1, -0.05) is 18.2 Å². The van der Waals surface area contributed by atoms with Gasteiger partial charge in [-0.15, -0.1) is 11.3 Å². The van der Waals surface area contributed by atoms with E-state index in [0.29, 0.717) is 16.9 Å². The number of methoxy groups -OCH3 is 1. The Bertz CT molecular complexity index is 899. The zero-order chi connectivity index (χ0) is 19.3. The minimum absolute atomic E-state index is 0.0521. The van der Waals surface area contributed by atoms with Crippen molar-refractivity contribution in [1.29, 1.82) is 0 Å². The first-order chi connectivity index (χ1) is 12.9. The van der Waals surface area contributed by atoms with E-state index in [4.69, 9.17) is 4.74 Å². The van der Waals surface area contributed by atoms with Gasteiger partial charge >= 0.3 is 0 Å². The average molecular weight is 424 g/mol. The van der Waals surface area contributed by atoms with E-state index in [1.54, 1.807) is 7.11 Å². The minimum Gasteiger partial charge on any atom is -0.497 e. The van der Waals surface area contributed by atoms with Crippen LogP contribution in [0.1, 0.15) is 16.0 Å². The van der Waals surface area contributed by atoms with E-state index >= 15 is 0 Å². The topological polar surface area (TPSA) is 75.6 Å². The molecule has 27 heavy (non-hydrogen) atoms. The summed E-state index contributed by atoms with van der Waals surface area (Å²) in [5.41, 5.74) is 0.224. The van der Waals surface area contributed by atoms with Crippen molar-refractivity contribution in [1.82, 2.24) is 4.72 Å². The number of hydrogen-bond acceptors (Lipinski definition) is 6. The monoisotopic (exact) mass is 423 g/mol. The summed E-state index contributed by atoms with van der Waals surface area (Å²) in [6, 6.07) is 12.8. The van der Waals surface area contributed by atoms with Crippen LogP contribution in [0, 0.1) is 0 Å². The molecule has 2 aromatic heterocycles. The van der Waals surface area contributed by atoms with Crippen molar-refractivity contribution in [3.8, 4) is 5.75 Å². The van der Waals surface area contributed by atoms with Crippen molar-refractivity contribution in [2.24, 2.45) is 0 Å². The van der Waals surface area contributed by atoms with Gasteiger partial charge in [0.25, 0.3) is 0 Å². The summed E-state index contributed by atoms with van der Waals surface area (Å²) in [6.45, 7) is -0.102. The number of thiophene rings is 2. The molecule has 0 bridgehead atoms. The summed E-state index contributed by atoms with van der Waals surface area (Å²) >= 11 is 2.87. The molecule has 2 N–H and O–H groups in total. The van der Waals surface area contributed by atoms with Crippen LogP contribution in [-0.4, -0.2) is 32.9 Å². The van der Waals surface area contributed by atoms with Gasteiger partial charge in [0.05, 0.1) is 12.9 Å². The van der Waals surface area contributed by atoms with Crippen LogP contribution in [0.3, 0.4) is 0 Å². The van der Waals surface area contributed by atoms with Gasteiger partial charge in [-0.25, -0.2) is 13.1 Å². The van der Waals surface area contributed by atoms with Crippen molar-refractivity contribution in [2.45, 2.75) is 12.0 Å². The lowest BCUT2D eigenvalue weighted by Crippen LogP contribution is -2.41. The second kappa shape index (κ2) is 8.53. The third-order valence-corrected chi connectivity index (χ3v) is 7.32. The Labute approximate surface area is 167 Å².